The van der Waals surface area contributed by atoms with Crippen molar-refractivity contribution >= 4 is 65.6 Å². The summed E-state index contributed by atoms with van der Waals surface area (Å²) in [5, 5.41) is 7.16. The lowest BCUT2D eigenvalue weighted by molar-refractivity contribution is 0.668. The van der Waals surface area contributed by atoms with Gasteiger partial charge in [0, 0.05) is 49.8 Å². The van der Waals surface area contributed by atoms with Crippen molar-refractivity contribution in [2.24, 2.45) is 0 Å². The second-order valence-corrected chi connectivity index (χ2v) is 14.9. The minimum Gasteiger partial charge on any atom is -0.456 e. The first-order valence-corrected chi connectivity index (χ1v) is 19.5. The van der Waals surface area contributed by atoms with Crippen molar-refractivity contribution in [2.45, 2.75) is 0 Å². The minimum absolute atomic E-state index is 0.889. The van der Waals surface area contributed by atoms with Crippen LogP contribution in [0.2, 0.25) is 0 Å². The Hall–Kier alpha value is -7.62. The number of para-hydroxylation sites is 2. The van der Waals surface area contributed by atoms with Gasteiger partial charge < -0.3 is 13.6 Å². The SMILES string of the molecule is c1ccc(-c2ccc3c(c2)c2cc(-c4ccc5c(c4)c4cc(-c6ccccc6)ccc4n5-c4ccc5c(c4)oc4ccccc45)ccc2n3-c2ccccc2)cc1. The third-order valence-corrected chi connectivity index (χ3v) is 11.7. The van der Waals surface area contributed by atoms with Crippen molar-refractivity contribution in [1.82, 2.24) is 9.13 Å². The maximum atomic E-state index is 6.38. The highest BCUT2D eigenvalue weighted by atomic mass is 16.3. The monoisotopic (exact) mass is 726 g/mol. The number of hydrogen-bond acceptors (Lipinski definition) is 1. The average Bonchev–Trinajstić information content (AvgIpc) is 3.93. The summed E-state index contributed by atoms with van der Waals surface area (Å²) >= 11 is 0. The number of rotatable bonds is 5. The molecule has 0 aliphatic heterocycles. The Balaban J connectivity index is 1.08. The Morgan fingerprint density at radius 1 is 0.246 bits per heavy atom. The molecular weight excluding hydrogens is 693 g/mol. The van der Waals surface area contributed by atoms with E-state index in [1.54, 1.807) is 0 Å². The quantitative estimate of drug-likeness (QED) is 0.173. The summed E-state index contributed by atoms with van der Waals surface area (Å²) in [6.07, 6.45) is 0. The molecule has 0 bridgehead atoms. The van der Waals surface area contributed by atoms with Crippen LogP contribution in [0.15, 0.2) is 211 Å². The normalized spacial score (nSPS) is 11.9. The number of aromatic nitrogens is 2. The van der Waals surface area contributed by atoms with Gasteiger partial charge in [-0.15, -0.1) is 0 Å². The van der Waals surface area contributed by atoms with E-state index in [9.17, 15) is 0 Å². The lowest BCUT2D eigenvalue weighted by Crippen LogP contribution is -1.93. The molecule has 0 saturated heterocycles. The lowest BCUT2D eigenvalue weighted by atomic mass is 9.98. The molecule has 57 heavy (non-hydrogen) atoms. The van der Waals surface area contributed by atoms with Gasteiger partial charge in [-0.3, -0.25) is 0 Å². The van der Waals surface area contributed by atoms with Crippen LogP contribution in [0.25, 0.3) is 110 Å². The molecular formula is C54H34N2O. The standard InChI is InChI=1S/C54H34N2O/c1-4-12-35(13-5-1)37-20-26-49-45(30-37)47-32-39(22-28-50(47)55(49)41-16-8-3-9-17-41)40-23-29-52-48(33-40)46-31-38(36-14-6-2-7-15-36)21-27-51(46)56(52)42-24-25-44-43-18-10-11-19-53(43)57-54(44)34-42/h1-34H. The third kappa shape index (κ3) is 4.99. The van der Waals surface area contributed by atoms with Gasteiger partial charge in [-0.2, -0.15) is 0 Å². The van der Waals surface area contributed by atoms with Gasteiger partial charge in [0.25, 0.3) is 0 Å². The van der Waals surface area contributed by atoms with Crippen LogP contribution >= 0.6 is 0 Å². The summed E-state index contributed by atoms with van der Waals surface area (Å²) < 4.78 is 11.2. The molecule has 9 aromatic carbocycles. The van der Waals surface area contributed by atoms with Crippen LogP contribution in [0.4, 0.5) is 0 Å². The average molecular weight is 727 g/mol. The van der Waals surface area contributed by atoms with Crippen molar-refractivity contribution in [3.8, 4) is 44.8 Å². The summed E-state index contributed by atoms with van der Waals surface area (Å²) in [5.74, 6) is 0. The molecule has 0 atom stereocenters. The third-order valence-electron chi connectivity index (χ3n) is 11.7. The highest BCUT2D eigenvalue weighted by Gasteiger charge is 2.18. The first kappa shape index (κ1) is 31.7. The zero-order valence-electron chi connectivity index (χ0n) is 30.9. The van der Waals surface area contributed by atoms with Crippen LogP contribution in [0.3, 0.4) is 0 Å². The first-order chi connectivity index (χ1) is 28.2. The molecule has 0 aliphatic rings. The smallest absolute Gasteiger partial charge is 0.137 e. The fourth-order valence-electron chi connectivity index (χ4n) is 9.01. The fourth-order valence-corrected chi connectivity index (χ4v) is 9.01. The van der Waals surface area contributed by atoms with Gasteiger partial charge in [-0.1, -0.05) is 121 Å². The Kier molecular flexibility index (Phi) is 6.93. The summed E-state index contributed by atoms with van der Waals surface area (Å²) in [6.45, 7) is 0. The Labute approximate surface area is 328 Å². The minimum atomic E-state index is 0.889. The number of furan rings is 1. The number of benzene rings is 9. The molecule has 0 fully saturated rings. The van der Waals surface area contributed by atoms with Gasteiger partial charge in [0.2, 0.25) is 0 Å². The number of fused-ring (bicyclic) bond motifs is 9. The highest BCUT2D eigenvalue weighted by molar-refractivity contribution is 6.14. The Morgan fingerprint density at radius 2 is 0.649 bits per heavy atom. The van der Waals surface area contributed by atoms with Gasteiger partial charge in [0.1, 0.15) is 11.2 Å². The highest BCUT2D eigenvalue weighted by Crippen LogP contribution is 2.41. The van der Waals surface area contributed by atoms with Crippen molar-refractivity contribution < 1.29 is 4.42 Å². The van der Waals surface area contributed by atoms with E-state index < -0.39 is 0 Å². The molecule has 0 amide bonds. The van der Waals surface area contributed by atoms with Crippen molar-refractivity contribution in [3.05, 3.63) is 206 Å². The van der Waals surface area contributed by atoms with Crippen molar-refractivity contribution in [3.63, 3.8) is 0 Å². The van der Waals surface area contributed by atoms with Crippen LogP contribution in [0.1, 0.15) is 0 Å². The van der Waals surface area contributed by atoms with E-state index in [1.807, 2.05) is 12.1 Å². The Bertz CT molecular complexity index is 3500. The van der Waals surface area contributed by atoms with Gasteiger partial charge in [0.15, 0.2) is 0 Å². The predicted octanol–water partition coefficient (Wildman–Crippen LogP) is 14.8. The molecule has 0 saturated carbocycles. The molecule has 266 valence electrons. The van der Waals surface area contributed by atoms with Crippen molar-refractivity contribution in [1.29, 1.82) is 0 Å². The summed E-state index contributed by atoms with van der Waals surface area (Å²) in [4.78, 5) is 0. The largest absolute Gasteiger partial charge is 0.456 e. The second kappa shape index (κ2) is 12.5. The van der Waals surface area contributed by atoms with E-state index in [1.165, 1.54) is 66.0 Å². The molecule has 0 aliphatic carbocycles. The molecule has 0 spiro atoms. The number of nitrogens with zero attached hydrogens (tertiary/aromatic N) is 2. The van der Waals surface area contributed by atoms with E-state index >= 15 is 0 Å². The fraction of sp³-hybridized carbons (Fsp3) is 0. The van der Waals surface area contributed by atoms with Crippen molar-refractivity contribution in [2.75, 3.05) is 0 Å². The molecule has 12 rings (SSSR count). The lowest BCUT2D eigenvalue weighted by Gasteiger charge is -2.09. The van der Waals surface area contributed by atoms with E-state index in [0.717, 1.165) is 44.3 Å². The second-order valence-electron chi connectivity index (χ2n) is 14.9. The molecule has 3 heterocycles. The van der Waals surface area contributed by atoms with Gasteiger partial charge >= 0.3 is 0 Å². The van der Waals surface area contributed by atoms with Crippen LogP contribution in [-0.4, -0.2) is 9.13 Å². The van der Waals surface area contributed by atoms with Gasteiger partial charge in [-0.25, -0.2) is 0 Å². The summed E-state index contributed by atoms with van der Waals surface area (Å²) in [6, 6.07) is 74.6. The van der Waals surface area contributed by atoms with Crippen LogP contribution in [0.5, 0.6) is 0 Å². The zero-order chi connectivity index (χ0) is 37.5. The predicted molar refractivity (Wildman–Crippen MR) is 239 cm³/mol. The Morgan fingerprint density at radius 3 is 1.16 bits per heavy atom. The summed E-state index contributed by atoms with van der Waals surface area (Å²) in [7, 11) is 0. The van der Waals surface area contributed by atoms with E-state index in [-0.39, 0.29) is 0 Å². The van der Waals surface area contributed by atoms with Gasteiger partial charge in [-0.05, 0) is 112 Å². The van der Waals surface area contributed by atoms with Gasteiger partial charge in [0.05, 0.1) is 22.1 Å². The van der Waals surface area contributed by atoms with Crippen LogP contribution in [-0.2, 0) is 0 Å². The van der Waals surface area contributed by atoms with Crippen LogP contribution < -0.4 is 0 Å². The molecule has 0 radical (unpaired) electrons. The molecule has 0 N–H and O–H groups in total. The summed E-state index contributed by atoms with van der Waals surface area (Å²) in [5.41, 5.74) is 15.9. The maximum Gasteiger partial charge on any atom is 0.137 e. The van der Waals surface area contributed by atoms with E-state index in [0.29, 0.717) is 0 Å². The molecule has 3 aromatic heterocycles. The van der Waals surface area contributed by atoms with E-state index in [4.69, 9.17) is 4.42 Å². The molecule has 12 aromatic rings. The topological polar surface area (TPSA) is 23.0 Å². The zero-order valence-corrected chi connectivity index (χ0v) is 30.9. The van der Waals surface area contributed by atoms with Crippen LogP contribution in [0, 0.1) is 0 Å². The first-order valence-electron chi connectivity index (χ1n) is 19.5. The molecule has 3 nitrogen and oxygen atoms in total. The number of hydrogen-bond donors (Lipinski definition) is 0. The molecule has 0 unspecified atom stereocenters. The van der Waals surface area contributed by atoms with E-state index in [2.05, 4.69) is 203 Å². The maximum absolute atomic E-state index is 6.38. The molecule has 3 heteroatoms.